The van der Waals surface area contributed by atoms with E-state index < -0.39 is 5.91 Å². The molecule has 124 valence electrons. The first kappa shape index (κ1) is 17.2. The number of aliphatic hydroxyl groups is 1. The smallest absolute Gasteiger partial charge is 0.275 e. The Balaban J connectivity index is 2.16. The van der Waals surface area contributed by atoms with Crippen molar-refractivity contribution in [3.05, 3.63) is 65.2 Å². The molecule has 0 radical (unpaired) electrons. The Morgan fingerprint density at radius 3 is 2.50 bits per heavy atom. The fourth-order valence-corrected chi connectivity index (χ4v) is 1.98. The van der Waals surface area contributed by atoms with Crippen LogP contribution >= 0.6 is 0 Å². The van der Waals surface area contributed by atoms with Gasteiger partial charge in [-0.3, -0.25) is 4.79 Å². The molecule has 0 saturated carbocycles. The number of aliphatic hydroxyl groups excluding tert-OH is 1. The third-order valence-electron chi connectivity index (χ3n) is 3.15. The number of carbonyl (C=O) groups excluding carboxylic acids is 1. The average Bonchev–Trinajstić information content (AvgIpc) is 2.55. The van der Waals surface area contributed by atoms with E-state index in [0.717, 1.165) is 11.1 Å². The first-order valence-corrected chi connectivity index (χ1v) is 7.28. The number of ether oxygens (including phenoxy) is 1. The van der Waals surface area contributed by atoms with Gasteiger partial charge in [-0.15, -0.1) is 0 Å². The Kier molecular flexibility index (Phi) is 5.70. The van der Waals surface area contributed by atoms with E-state index in [4.69, 9.17) is 21.3 Å². The van der Waals surface area contributed by atoms with Crippen molar-refractivity contribution in [2.75, 3.05) is 0 Å². The highest BCUT2D eigenvalue weighted by atomic mass is 16.5. The molecule has 0 atom stereocenters. The van der Waals surface area contributed by atoms with E-state index in [1.165, 1.54) is 0 Å². The van der Waals surface area contributed by atoms with Gasteiger partial charge in [-0.25, -0.2) is 0 Å². The number of hydrogen-bond acceptors (Lipinski definition) is 3. The molecule has 0 heterocycles. The summed E-state index contributed by atoms with van der Waals surface area (Å²) in [6.45, 7) is 1.62. The minimum Gasteiger partial charge on any atom is -0.457 e. The molecule has 5 N–H and O–H groups in total. The lowest BCUT2D eigenvalue weighted by Crippen LogP contribution is -2.24. The van der Waals surface area contributed by atoms with Crippen molar-refractivity contribution >= 4 is 17.9 Å². The molecule has 0 aromatic heterocycles. The summed E-state index contributed by atoms with van der Waals surface area (Å²) in [5.41, 5.74) is 12.4. The SMILES string of the molecule is C/C(=C\c1cccc(Oc2ccc(CO)cc2)c1)C(=O)N=C(N)N. The van der Waals surface area contributed by atoms with Crippen molar-refractivity contribution in [2.45, 2.75) is 13.5 Å². The van der Waals surface area contributed by atoms with Gasteiger partial charge >= 0.3 is 0 Å². The number of guanidine groups is 1. The molecular formula is C18H19N3O3. The predicted molar refractivity (Wildman–Crippen MR) is 93.3 cm³/mol. The maximum atomic E-state index is 11.7. The van der Waals surface area contributed by atoms with Crippen LogP contribution in [0.1, 0.15) is 18.1 Å². The molecule has 2 aromatic carbocycles. The number of nitrogens with zero attached hydrogens (tertiary/aromatic N) is 1. The van der Waals surface area contributed by atoms with E-state index >= 15 is 0 Å². The van der Waals surface area contributed by atoms with Crippen molar-refractivity contribution in [2.24, 2.45) is 16.5 Å². The number of amides is 1. The van der Waals surface area contributed by atoms with Crippen LogP contribution in [0.4, 0.5) is 0 Å². The molecule has 0 spiro atoms. The van der Waals surface area contributed by atoms with Gasteiger partial charge in [0.1, 0.15) is 11.5 Å². The standard InChI is InChI=1S/C18H19N3O3/c1-12(17(23)21-18(19)20)9-14-3-2-4-16(10-14)24-15-7-5-13(11-22)6-8-15/h2-10,22H,11H2,1H3,(H4,19,20,21,23)/b12-9+. The van der Waals surface area contributed by atoms with Crippen LogP contribution in [0.25, 0.3) is 6.08 Å². The van der Waals surface area contributed by atoms with Gasteiger partial charge in [0.15, 0.2) is 5.96 Å². The van der Waals surface area contributed by atoms with Crippen LogP contribution in [0.3, 0.4) is 0 Å². The predicted octanol–water partition coefficient (Wildman–Crippen LogP) is 2.17. The Morgan fingerprint density at radius 1 is 1.17 bits per heavy atom. The molecule has 6 heteroatoms. The molecule has 6 nitrogen and oxygen atoms in total. The van der Waals surface area contributed by atoms with Crippen LogP contribution in [0.15, 0.2) is 59.1 Å². The van der Waals surface area contributed by atoms with Crippen molar-refractivity contribution in [1.82, 2.24) is 0 Å². The normalized spacial score (nSPS) is 11.0. The quantitative estimate of drug-likeness (QED) is 0.443. The lowest BCUT2D eigenvalue weighted by Gasteiger charge is -2.07. The van der Waals surface area contributed by atoms with Gasteiger partial charge < -0.3 is 21.3 Å². The molecule has 2 rings (SSSR count). The summed E-state index contributed by atoms with van der Waals surface area (Å²) in [7, 11) is 0. The van der Waals surface area contributed by atoms with Crippen molar-refractivity contribution in [1.29, 1.82) is 0 Å². The van der Waals surface area contributed by atoms with Gasteiger partial charge in [0.2, 0.25) is 0 Å². The molecular weight excluding hydrogens is 306 g/mol. The highest BCUT2D eigenvalue weighted by Gasteiger charge is 2.04. The third kappa shape index (κ3) is 4.96. The number of rotatable bonds is 5. The Bertz CT molecular complexity index is 776. The molecule has 0 aliphatic carbocycles. The van der Waals surface area contributed by atoms with E-state index in [9.17, 15) is 4.79 Å². The number of aliphatic imine (C=N–C) groups is 1. The Labute approximate surface area is 140 Å². The summed E-state index contributed by atoms with van der Waals surface area (Å²) in [4.78, 5) is 15.2. The molecule has 0 saturated heterocycles. The summed E-state index contributed by atoms with van der Waals surface area (Å²) in [5.74, 6) is 0.529. The maximum absolute atomic E-state index is 11.7. The Morgan fingerprint density at radius 2 is 1.88 bits per heavy atom. The van der Waals surface area contributed by atoms with Gasteiger partial charge in [0.05, 0.1) is 6.61 Å². The van der Waals surface area contributed by atoms with E-state index in [0.29, 0.717) is 17.1 Å². The highest BCUT2D eigenvalue weighted by molar-refractivity contribution is 6.03. The number of carbonyl (C=O) groups is 1. The van der Waals surface area contributed by atoms with Crippen LogP contribution in [-0.2, 0) is 11.4 Å². The summed E-state index contributed by atoms with van der Waals surface area (Å²) < 4.78 is 5.76. The summed E-state index contributed by atoms with van der Waals surface area (Å²) in [6, 6.07) is 14.4. The summed E-state index contributed by atoms with van der Waals surface area (Å²) in [5, 5.41) is 9.04. The number of hydrogen-bond donors (Lipinski definition) is 3. The zero-order chi connectivity index (χ0) is 17.5. The molecule has 0 aliphatic heterocycles. The van der Waals surface area contributed by atoms with Gasteiger partial charge in [-0.2, -0.15) is 4.99 Å². The lowest BCUT2D eigenvalue weighted by atomic mass is 10.1. The van der Waals surface area contributed by atoms with Crippen LogP contribution < -0.4 is 16.2 Å². The third-order valence-corrected chi connectivity index (χ3v) is 3.15. The zero-order valence-corrected chi connectivity index (χ0v) is 13.3. The molecule has 0 aliphatic rings. The molecule has 24 heavy (non-hydrogen) atoms. The topological polar surface area (TPSA) is 111 Å². The van der Waals surface area contributed by atoms with Gasteiger partial charge in [-0.05, 0) is 48.4 Å². The van der Waals surface area contributed by atoms with Crippen LogP contribution in [-0.4, -0.2) is 17.0 Å². The minimum absolute atomic E-state index is 0.0103. The maximum Gasteiger partial charge on any atom is 0.275 e. The van der Waals surface area contributed by atoms with Crippen LogP contribution in [0.2, 0.25) is 0 Å². The first-order valence-electron chi connectivity index (χ1n) is 7.28. The fourth-order valence-electron chi connectivity index (χ4n) is 1.98. The summed E-state index contributed by atoms with van der Waals surface area (Å²) >= 11 is 0. The van der Waals surface area contributed by atoms with E-state index in [-0.39, 0.29) is 12.6 Å². The summed E-state index contributed by atoms with van der Waals surface area (Å²) in [6.07, 6.45) is 1.68. The van der Waals surface area contributed by atoms with Crippen molar-refractivity contribution in [3.63, 3.8) is 0 Å². The average molecular weight is 325 g/mol. The Hall–Kier alpha value is -3.12. The highest BCUT2D eigenvalue weighted by Crippen LogP contribution is 2.23. The largest absolute Gasteiger partial charge is 0.457 e. The lowest BCUT2D eigenvalue weighted by molar-refractivity contribution is -0.114. The zero-order valence-electron chi connectivity index (χ0n) is 13.3. The molecule has 1 amide bonds. The van der Waals surface area contributed by atoms with E-state index in [1.807, 2.05) is 18.2 Å². The molecule has 0 fully saturated rings. The fraction of sp³-hybridized carbons (Fsp3) is 0.111. The second-order valence-corrected chi connectivity index (χ2v) is 5.15. The van der Waals surface area contributed by atoms with Crippen molar-refractivity contribution in [3.8, 4) is 11.5 Å². The van der Waals surface area contributed by atoms with Crippen LogP contribution in [0.5, 0.6) is 11.5 Å². The van der Waals surface area contributed by atoms with Gasteiger partial charge in [0, 0.05) is 5.57 Å². The number of nitrogens with two attached hydrogens (primary N) is 2. The number of benzene rings is 2. The van der Waals surface area contributed by atoms with E-state index in [1.54, 1.807) is 43.3 Å². The first-order chi connectivity index (χ1) is 11.5. The minimum atomic E-state index is -0.485. The van der Waals surface area contributed by atoms with Gasteiger partial charge in [-0.1, -0.05) is 24.3 Å². The van der Waals surface area contributed by atoms with E-state index in [2.05, 4.69) is 4.99 Å². The second-order valence-electron chi connectivity index (χ2n) is 5.15. The van der Waals surface area contributed by atoms with Gasteiger partial charge in [0.25, 0.3) is 5.91 Å². The molecule has 2 aromatic rings. The molecule has 0 unspecified atom stereocenters. The second kappa shape index (κ2) is 7.94. The van der Waals surface area contributed by atoms with Crippen LogP contribution in [0, 0.1) is 0 Å². The monoisotopic (exact) mass is 325 g/mol. The molecule has 0 bridgehead atoms. The van der Waals surface area contributed by atoms with Crippen molar-refractivity contribution < 1.29 is 14.6 Å².